The maximum absolute atomic E-state index is 14.3. The number of anilines is 1. The van der Waals surface area contributed by atoms with Crippen LogP contribution in [0.4, 0.5) is 5.69 Å². The highest BCUT2D eigenvalue weighted by Gasteiger charge is 2.37. The summed E-state index contributed by atoms with van der Waals surface area (Å²) in [6, 6.07) is 2.26. The zero-order chi connectivity index (χ0) is 48.9. The minimum atomic E-state index is -1.06. The van der Waals surface area contributed by atoms with Crippen molar-refractivity contribution in [2.24, 2.45) is 22.9 Å². The zero-order valence-corrected chi connectivity index (χ0v) is 40.3. The molecular weight excluding hydrogens is 875 g/mol. The molecule has 1 saturated heterocycles. The summed E-state index contributed by atoms with van der Waals surface area (Å²) in [4.78, 5) is 89.6. The number of nitrogens with zero attached hydrogens (tertiary/aromatic N) is 6. The standard InChI is InChI=1S/C45H69N9O11S/c1-9-28(4)40(51-42(59)35-12-10-11-17-53(35)7)44(60)54(8)36(27(2)3)25-38(65-30(6)55)43-50-34(26-66-43)41(58)48-32(22-29(5)45(61)62)23-31-13-14-37(56)33(24-31)49-39(57)15-18-63-20-21-64-19-16-47-52-46/h13-14,24,26-29,32,35-36,38,40,56H,9-12,15-23,25H2,1-8H3,(H,48,58)(H,49,57)(H,51,59)(H,61,62)/t28-,29?,32+,35+,36+,38+,40+/m0/s1. The molecule has 4 amide bonds. The van der Waals surface area contributed by atoms with Gasteiger partial charge in [0.2, 0.25) is 17.7 Å². The lowest BCUT2D eigenvalue weighted by Gasteiger charge is -2.38. The van der Waals surface area contributed by atoms with Crippen molar-refractivity contribution >= 4 is 52.6 Å². The number of hydrogen-bond donors (Lipinski definition) is 5. The number of rotatable bonds is 28. The molecule has 7 atom stereocenters. The van der Waals surface area contributed by atoms with Crippen LogP contribution in [0.5, 0.6) is 5.75 Å². The number of phenolic OH excluding ortho intramolecular Hbond substituents is 1. The topological polar surface area (TPSA) is 275 Å². The van der Waals surface area contributed by atoms with Crippen LogP contribution in [0.2, 0.25) is 0 Å². The molecule has 1 aliphatic heterocycles. The van der Waals surface area contributed by atoms with Crippen LogP contribution in [0, 0.1) is 17.8 Å². The van der Waals surface area contributed by atoms with Crippen molar-refractivity contribution in [1.29, 1.82) is 0 Å². The second-order valence-electron chi connectivity index (χ2n) is 17.2. The van der Waals surface area contributed by atoms with E-state index in [0.717, 1.165) is 37.1 Å². The summed E-state index contributed by atoms with van der Waals surface area (Å²) in [5.41, 5.74) is 9.02. The number of carbonyl (C=O) groups is 6. The van der Waals surface area contributed by atoms with E-state index in [9.17, 15) is 39.0 Å². The van der Waals surface area contributed by atoms with E-state index in [1.54, 1.807) is 24.1 Å². The average Bonchev–Trinajstić information content (AvgIpc) is 3.77. The van der Waals surface area contributed by atoms with E-state index in [2.05, 4.69) is 31.0 Å². The number of benzene rings is 1. The van der Waals surface area contributed by atoms with Gasteiger partial charge >= 0.3 is 11.9 Å². The van der Waals surface area contributed by atoms with Crippen molar-refractivity contribution < 1.29 is 53.2 Å². The van der Waals surface area contributed by atoms with E-state index in [4.69, 9.17) is 19.7 Å². The molecule has 0 saturated carbocycles. The predicted molar refractivity (Wildman–Crippen MR) is 248 cm³/mol. The number of aliphatic carboxylic acids is 1. The number of amides is 4. The second-order valence-corrected chi connectivity index (χ2v) is 18.1. The Balaban J connectivity index is 1.75. The summed E-state index contributed by atoms with van der Waals surface area (Å²) < 4.78 is 16.5. The van der Waals surface area contributed by atoms with Crippen LogP contribution in [0.3, 0.4) is 0 Å². The molecule has 2 heterocycles. The van der Waals surface area contributed by atoms with Crippen molar-refractivity contribution in [3.8, 4) is 5.75 Å². The lowest BCUT2D eigenvalue weighted by molar-refractivity contribution is -0.149. The predicted octanol–water partition coefficient (Wildman–Crippen LogP) is 5.47. The Morgan fingerprint density at radius 1 is 1.05 bits per heavy atom. The van der Waals surface area contributed by atoms with Crippen LogP contribution in [-0.4, -0.2) is 138 Å². The number of phenols is 1. The van der Waals surface area contributed by atoms with Crippen LogP contribution in [0.15, 0.2) is 28.7 Å². The summed E-state index contributed by atoms with van der Waals surface area (Å²) in [5.74, 6) is -4.43. The summed E-state index contributed by atoms with van der Waals surface area (Å²) in [7, 11) is 3.61. The molecule has 1 aliphatic rings. The number of likely N-dealkylation sites (tertiary alicyclic amines) is 1. The number of aromatic nitrogens is 1. The third kappa shape index (κ3) is 17.8. The van der Waals surface area contributed by atoms with E-state index in [1.165, 1.54) is 25.3 Å². The van der Waals surface area contributed by atoms with Crippen molar-refractivity contribution in [2.45, 2.75) is 123 Å². The first kappa shape index (κ1) is 55.0. The van der Waals surface area contributed by atoms with E-state index in [0.29, 0.717) is 17.0 Å². The third-order valence-electron chi connectivity index (χ3n) is 11.7. The number of carbonyl (C=O) groups excluding carboxylic acids is 5. The molecule has 20 nitrogen and oxygen atoms in total. The molecule has 0 aliphatic carbocycles. The Hall–Kier alpha value is -5.34. The minimum absolute atomic E-state index is 0.0125. The van der Waals surface area contributed by atoms with Crippen molar-refractivity contribution in [2.75, 3.05) is 58.9 Å². The first-order valence-corrected chi connectivity index (χ1v) is 23.5. The van der Waals surface area contributed by atoms with Crippen molar-refractivity contribution in [3.05, 3.63) is 50.3 Å². The number of carboxylic acid groups (broad SMARTS) is 1. The fourth-order valence-corrected chi connectivity index (χ4v) is 8.52. The van der Waals surface area contributed by atoms with Crippen molar-refractivity contribution in [3.63, 3.8) is 0 Å². The molecule has 0 bridgehead atoms. The number of carboxylic acids is 1. The molecule has 2 aromatic rings. The fourth-order valence-electron chi connectivity index (χ4n) is 7.68. The largest absolute Gasteiger partial charge is 0.506 e. The Bertz CT molecular complexity index is 1980. The maximum Gasteiger partial charge on any atom is 0.306 e. The Morgan fingerprint density at radius 3 is 2.39 bits per heavy atom. The van der Waals surface area contributed by atoms with Gasteiger partial charge in [0.15, 0.2) is 6.10 Å². The number of esters is 1. The third-order valence-corrected chi connectivity index (χ3v) is 12.7. The van der Waals surface area contributed by atoms with Gasteiger partial charge in [0.05, 0.1) is 50.5 Å². The molecule has 21 heteroatoms. The van der Waals surface area contributed by atoms with Crippen molar-refractivity contribution in [1.82, 2.24) is 25.4 Å². The van der Waals surface area contributed by atoms with Gasteiger partial charge in [-0.15, -0.1) is 11.3 Å². The minimum Gasteiger partial charge on any atom is -0.506 e. The second kappa shape index (κ2) is 28.0. The van der Waals surface area contributed by atoms with Crippen LogP contribution in [0.25, 0.3) is 10.4 Å². The summed E-state index contributed by atoms with van der Waals surface area (Å²) in [5, 5.41) is 34.1. The van der Waals surface area contributed by atoms with Gasteiger partial charge in [-0.3, -0.25) is 33.7 Å². The molecule has 366 valence electrons. The number of likely N-dealkylation sites (N-methyl/N-ethyl adjacent to an activating group) is 2. The SMILES string of the molecule is CC[C@H](C)[C@@H](NC(=O)[C@H]1CCCCN1C)C(=O)N(C)[C@H](C[C@@H](OC(C)=O)c1nc(C(=O)N[C@@H](Cc2ccc(O)c(NC(=O)CCOCCOCCN=[N+]=[N-])c2)CC(C)C(=O)O)cs1)C(C)C. The molecular formula is C45H69N9O11S. The lowest BCUT2D eigenvalue weighted by Crippen LogP contribution is -2.58. The van der Waals surface area contributed by atoms with Gasteiger partial charge in [-0.1, -0.05) is 58.6 Å². The number of aromatic hydroxyl groups is 1. The van der Waals surface area contributed by atoms with Gasteiger partial charge in [-0.05, 0) is 74.3 Å². The smallest absolute Gasteiger partial charge is 0.306 e. The lowest BCUT2D eigenvalue weighted by atomic mass is 9.92. The fraction of sp³-hybridized carbons (Fsp3) is 0.667. The van der Waals surface area contributed by atoms with E-state index in [-0.39, 0.29) is 105 Å². The summed E-state index contributed by atoms with van der Waals surface area (Å²) in [6.07, 6.45) is 2.70. The number of nitrogens with one attached hydrogen (secondary N) is 3. The first-order chi connectivity index (χ1) is 31.4. The van der Waals surface area contributed by atoms with E-state index < -0.39 is 53.9 Å². The maximum atomic E-state index is 14.3. The number of thiazole rings is 1. The zero-order valence-electron chi connectivity index (χ0n) is 39.5. The monoisotopic (exact) mass is 943 g/mol. The molecule has 0 radical (unpaired) electrons. The molecule has 3 rings (SSSR count). The Kier molecular flexibility index (Phi) is 23.3. The number of azide groups is 1. The molecule has 66 heavy (non-hydrogen) atoms. The van der Waals surface area contributed by atoms with Gasteiger partial charge in [0.25, 0.3) is 5.91 Å². The first-order valence-electron chi connectivity index (χ1n) is 22.6. The van der Waals surface area contributed by atoms with E-state index in [1.807, 2.05) is 39.6 Å². The number of piperidine rings is 1. The van der Waals surface area contributed by atoms with Gasteiger partial charge < -0.3 is 45.3 Å². The van der Waals surface area contributed by atoms with Crippen LogP contribution >= 0.6 is 11.3 Å². The van der Waals surface area contributed by atoms with Gasteiger partial charge in [0, 0.05) is 49.3 Å². The molecule has 0 spiro atoms. The van der Waals surface area contributed by atoms with Crippen LogP contribution in [-0.2, 0) is 44.6 Å². The van der Waals surface area contributed by atoms with Gasteiger partial charge in [0.1, 0.15) is 22.5 Å². The van der Waals surface area contributed by atoms with Gasteiger partial charge in [-0.2, -0.15) is 0 Å². The molecule has 1 aromatic carbocycles. The van der Waals surface area contributed by atoms with Gasteiger partial charge in [-0.25, -0.2) is 4.98 Å². The number of hydrogen-bond acceptors (Lipinski definition) is 14. The van der Waals surface area contributed by atoms with Crippen LogP contribution in [0.1, 0.15) is 114 Å². The Labute approximate surface area is 391 Å². The summed E-state index contributed by atoms with van der Waals surface area (Å²) >= 11 is 1.11. The molecule has 1 fully saturated rings. The molecule has 5 N–H and O–H groups in total. The van der Waals surface area contributed by atoms with E-state index >= 15 is 0 Å². The summed E-state index contributed by atoms with van der Waals surface area (Å²) in [6.45, 7) is 12.4. The molecule has 1 aromatic heterocycles. The number of ether oxygens (including phenoxy) is 3. The highest BCUT2D eigenvalue weighted by Crippen LogP contribution is 2.32. The average molecular weight is 944 g/mol. The Morgan fingerprint density at radius 2 is 1.76 bits per heavy atom. The highest BCUT2D eigenvalue weighted by molar-refractivity contribution is 7.09. The van der Waals surface area contributed by atoms with Crippen LogP contribution < -0.4 is 16.0 Å². The normalized spacial score (nSPS) is 16.7. The molecule has 1 unspecified atom stereocenters. The highest BCUT2D eigenvalue weighted by atomic mass is 32.1. The quantitative estimate of drug-likeness (QED) is 0.0177.